The van der Waals surface area contributed by atoms with Crippen LogP contribution in [0.1, 0.15) is 46.5 Å². The minimum atomic E-state index is -1.40. The molecule has 0 aromatic heterocycles. The third-order valence-electron chi connectivity index (χ3n) is 2.19. The summed E-state index contributed by atoms with van der Waals surface area (Å²) in [7, 11) is 0. The minimum Gasteiger partial charge on any atom is -0.478 e. The standard InChI is InChI=1S/C11H20O4S/c1-4-7-8-16-11(6-3,10(13)14)15-9(12)5-2/h4-8H2,1-3H3,(H,13,14). The molecule has 0 rings (SSSR count). The number of hydrogen-bond acceptors (Lipinski definition) is 4. The molecule has 0 heterocycles. The summed E-state index contributed by atoms with van der Waals surface area (Å²) in [6, 6.07) is 0. The highest BCUT2D eigenvalue weighted by atomic mass is 32.2. The first-order valence-corrected chi connectivity index (χ1v) is 6.60. The molecule has 1 atom stereocenters. The second kappa shape index (κ2) is 7.54. The van der Waals surface area contributed by atoms with E-state index >= 15 is 0 Å². The van der Waals surface area contributed by atoms with Crippen molar-refractivity contribution in [1.82, 2.24) is 0 Å². The topological polar surface area (TPSA) is 63.6 Å². The monoisotopic (exact) mass is 248 g/mol. The van der Waals surface area contributed by atoms with E-state index in [1.54, 1.807) is 13.8 Å². The predicted molar refractivity (Wildman–Crippen MR) is 64.4 cm³/mol. The van der Waals surface area contributed by atoms with Crippen molar-refractivity contribution in [2.75, 3.05) is 5.75 Å². The molecule has 0 saturated carbocycles. The summed E-state index contributed by atoms with van der Waals surface area (Å²) >= 11 is 1.20. The summed E-state index contributed by atoms with van der Waals surface area (Å²) in [6.45, 7) is 5.41. The van der Waals surface area contributed by atoms with Gasteiger partial charge in [0.2, 0.25) is 0 Å². The average molecular weight is 248 g/mol. The van der Waals surface area contributed by atoms with Gasteiger partial charge in [0.25, 0.3) is 4.93 Å². The van der Waals surface area contributed by atoms with Gasteiger partial charge in [0.15, 0.2) is 0 Å². The number of carbonyl (C=O) groups excluding carboxylic acids is 1. The SMILES string of the molecule is CCCCSC(CC)(OC(=O)CC)C(=O)O. The van der Waals surface area contributed by atoms with Crippen LogP contribution < -0.4 is 0 Å². The molecule has 0 aliphatic rings. The second-order valence-electron chi connectivity index (χ2n) is 3.44. The van der Waals surface area contributed by atoms with E-state index in [-0.39, 0.29) is 12.8 Å². The molecule has 94 valence electrons. The summed E-state index contributed by atoms with van der Waals surface area (Å²) in [5, 5.41) is 9.17. The zero-order chi connectivity index (χ0) is 12.6. The number of thioether (sulfide) groups is 1. The Hall–Kier alpha value is -0.710. The number of carboxylic acid groups (broad SMARTS) is 1. The van der Waals surface area contributed by atoms with E-state index in [0.717, 1.165) is 12.8 Å². The fourth-order valence-corrected chi connectivity index (χ4v) is 2.34. The molecular formula is C11H20O4S. The van der Waals surface area contributed by atoms with E-state index in [4.69, 9.17) is 9.84 Å². The Morgan fingerprint density at radius 2 is 1.94 bits per heavy atom. The first-order chi connectivity index (χ1) is 7.52. The Morgan fingerprint density at radius 1 is 1.31 bits per heavy atom. The first-order valence-electron chi connectivity index (χ1n) is 5.61. The van der Waals surface area contributed by atoms with Gasteiger partial charge in [0.1, 0.15) is 0 Å². The van der Waals surface area contributed by atoms with Crippen molar-refractivity contribution in [1.29, 1.82) is 0 Å². The Morgan fingerprint density at radius 3 is 2.31 bits per heavy atom. The Kier molecular flexibility index (Phi) is 7.21. The summed E-state index contributed by atoms with van der Waals surface area (Å²) in [6.07, 6.45) is 2.39. The van der Waals surface area contributed by atoms with Gasteiger partial charge >= 0.3 is 11.9 Å². The molecule has 0 bridgehead atoms. The van der Waals surface area contributed by atoms with Gasteiger partial charge in [-0.3, -0.25) is 4.79 Å². The number of unbranched alkanes of at least 4 members (excludes halogenated alkanes) is 1. The lowest BCUT2D eigenvalue weighted by Gasteiger charge is -2.27. The lowest BCUT2D eigenvalue weighted by atomic mass is 10.2. The number of aliphatic carboxylic acids is 1. The second-order valence-corrected chi connectivity index (χ2v) is 4.80. The van der Waals surface area contributed by atoms with Gasteiger partial charge in [-0.25, -0.2) is 4.79 Å². The molecule has 0 aliphatic heterocycles. The summed E-state index contributed by atoms with van der Waals surface area (Å²) in [4.78, 5) is 21.0. The number of rotatable bonds is 8. The van der Waals surface area contributed by atoms with Crippen molar-refractivity contribution in [3.05, 3.63) is 0 Å². The van der Waals surface area contributed by atoms with E-state index in [0.29, 0.717) is 5.75 Å². The van der Waals surface area contributed by atoms with Crippen LogP contribution in [0.4, 0.5) is 0 Å². The normalized spacial score (nSPS) is 14.2. The zero-order valence-corrected chi connectivity index (χ0v) is 10.9. The van der Waals surface area contributed by atoms with E-state index in [1.165, 1.54) is 11.8 Å². The maximum absolute atomic E-state index is 11.2. The highest BCUT2D eigenvalue weighted by Gasteiger charge is 2.41. The molecule has 4 nitrogen and oxygen atoms in total. The van der Waals surface area contributed by atoms with Crippen LogP contribution in [0, 0.1) is 0 Å². The molecule has 0 saturated heterocycles. The molecule has 5 heteroatoms. The molecule has 0 radical (unpaired) electrons. The van der Waals surface area contributed by atoms with E-state index < -0.39 is 16.9 Å². The van der Waals surface area contributed by atoms with E-state index in [2.05, 4.69) is 0 Å². The lowest BCUT2D eigenvalue weighted by molar-refractivity contribution is -0.167. The molecule has 1 unspecified atom stereocenters. The number of esters is 1. The summed E-state index contributed by atoms with van der Waals surface area (Å²) < 4.78 is 5.07. The van der Waals surface area contributed by atoms with Crippen molar-refractivity contribution in [2.45, 2.75) is 51.4 Å². The van der Waals surface area contributed by atoms with Crippen molar-refractivity contribution in [3.63, 3.8) is 0 Å². The fourth-order valence-electron chi connectivity index (χ4n) is 1.10. The Bertz CT molecular complexity index is 242. The molecule has 0 fully saturated rings. The number of carboxylic acids is 1. The van der Waals surface area contributed by atoms with Gasteiger partial charge in [0.05, 0.1) is 0 Å². The van der Waals surface area contributed by atoms with Gasteiger partial charge < -0.3 is 9.84 Å². The highest BCUT2D eigenvalue weighted by Crippen LogP contribution is 2.32. The predicted octanol–water partition coefficient (Wildman–Crippen LogP) is 2.66. The van der Waals surface area contributed by atoms with E-state index in [9.17, 15) is 9.59 Å². The third-order valence-corrected chi connectivity index (χ3v) is 3.70. The van der Waals surface area contributed by atoms with Crippen molar-refractivity contribution >= 4 is 23.7 Å². The zero-order valence-electron chi connectivity index (χ0n) is 10.1. The van der Waals surface area contributed by atoms with E-state index in [1.807, 2.05) is 6.92 Å². The molecule has 0 spiro atoms. The van der Waals surface area contributed by atoms with Crippen LogP contribution in [-0.2, 0) is 14.3 Å². The summed E-state index contributed by atoms with van der Waals surface area (Å²) in [5.41, 5.74) is 0. The minimum absolute atomic E-state index is 0.198. The molecular weight excluding hydrogens is 228 g/mol. The van der Waals surface area contributed by atoms with Crippen LogP contribution in [0.25, 0.3) is 0 Å². The van der Waals surface area contributed by atoms with Gasteiger partial charge in [-0.15, -0.1) is 11.8 Å². The molecule has 1 N–H and O–H groups in total. The maximum atomic E-state index is 11.2. The first kappa shape index (κ1) is 15.3. The van der Waals surface area contributed by atoms with Crippen LogP contribution in [0.15, 0.2) is 0 Å². The van der Waals surface area contributed by atoms with Crippen molar-refractivity contribution < 1.29 is 19.4 Å². The smallest absolute Gasteiger partial charge is 0.359 e. The van der Waals surface area contributed by atoms with Crippen LogP contribution in [0.5, 0.6) is 0 Å². The number of ether oxygens (including phenoxy) is 1. The molecule has 0 aromatic rings. The van der Waals surface area contributed by atoms with Gasteiger partial charge in [0, 0.05) is 12.8 Å². The van der Waals surface area contributed by atoms with Crippen LogP contribution in [-0.4, -0.2) is 27.7 Å². The fraction of sp³-hybridized carbons (Fsp3) is 0.818. The number of hydrogen-bond donors (Lipinski definition) is 1. The van der Waals surface area contributed by atoms with Crippen LogP contribution >= 0.6 is 11.8 Å². The molecule has 0 amide bonds. The average Bonchev–Trinajstić information content (AvgIpc) is 2.27. The Balaban J connectivity index is 4.58. The van der Waals surface area contributed by atoms with Crippen molar-refractivity contribution in [2.24, 2.45) is 0 Å². The summed E-state index contributed by atoms with van der Waals surface area (Å²) in [5.74, 6) is -0.848. The van der Waals surface area contributed by atoms with Crippen LogP contribution in [0.3, 0.4) is 0 Å². The largest absolute Gasteiger partial charge is 0.478 e. The maximum Gasteiger partial charge on any atom is 0.359 e. The molecule has 0 aromatic carbocycles. The van der Waals surface area contributed by atoms with Gasteiger partial charge in [-0.05, 0) is 12.2 Å². The quantitative estimate of drug-likeness (QED) is 0.406. The lowest BCUT2D eigenvalue weighted by Crippen LogP contribution is -2.39. The number of carbonyl (C=O) groups is 2. The van der Waals surface area contributed by atoms with Crippen molar-refractivity contribution in [3.8, 4) is 0 Å². The third kappa shape index (κ3) is 4.43. The molecule has 0 aliphatic carbocycles. The van der Waals surface area contributed by atoms with Gasteiger partial charge in [-0.2, -0.15) is 0 Å². The highest BCUT2D eigenvalue weighted by molar-refractivity contribution is 8.01. The van der Waals surface area contributed by atoms with Gasteiger partial charge in [-0.1, -0.05) is 27.2 Å². The molecule has 16 heavy (non-hydrogen) atoms. The Labute approximate surface area is 101 Å². The van der Waals surface area contributed by atoms with Crippen LogP contribution in [0.2, 0.25) is 0 Å².